The zero-order valence-corrected chi connectivity index (χ0v) is 12.8. The first-order valence-corrected chi connectivity index (χ1v) is 7.20. The van der Waals surface area contributed by atoms with Crippen molar-refractivity contribution in [3.05, 3.63) is 77.5 Å². The van der Waals surface area contributed by atoms with E-state index in [-0.39, 0.29) is 5.78 Å². The van der Waals surface area contributed by atoms with E-state index in [1.165, 1.54) is 11.1 Å². The van der Waals surface area contributed by atoms with Crippen molar-refractivity contribution < 1.29 is 4.79 Å². The van der Waals surface area contributed by atoms with Gasteiger partial charge in [-0.05, 0) is 36.1 Å². The van der Waals surface area contributed by atoms with Gasteiger partial charge in [0.25, 0.3) is 0 Å². The third kappa shape index (κ3) is 4.32. The molecule has 21 heavy (non-hydrogen) atoms. The molecule has 2 aromatic carbocycles. The molecule has 2 rings (SSSR count). The van der Waals surface area contributed by atoms with Crippen LogP contribution < -0.4 is 5.32 Å². The van der Waals surface area contributed by atoms with Crippen LogP contribution in [0.3, 0.4) is 0 Å². The van der Waals surface area contributed by atoms with Gasteiger partial charge in [0.1, 0.15) is 0 Å². The molecule has 0 spiro atoms. The summed E-state index contributed by atoms with van der Waals surface area (Å²) in [5, 5.41) is 3.11. The van der Waals surface area contributed by atoms with Crippen LogP contribution in [0.25, 0.3) is 0 Å². The molecule has 0 fully saturated rings. The van der Waals surface area contributed by atoms with Crippen LogP contribution >= 0.6 is 0 Å². The first-order chi connectivity index (χ1) is 10.1. The van der Waals surface area contributed by atoms with Gasteiger partial charge in [0.2, 0.25) is 0 Å². The predicted octanol–water partition coefficient (Wildman–Crippen LogP) is 4.93. The minimum Gasteiger partial charge on any atom is -0.362 e. The van der Waals surface area contributed by atoms with Gasteiger partial charge in [-0.15, -0.1) is 0 Å². The number of benzene rings is 2. The van der Waals surface area contributed by atoms with Crippen LogP contribution in [0, 0.1) is 6.92 Å². The summed E-state index contributed by atoms with van der Waals surface area (Å²) in [7, 11) is 0. The van der Waals surface area contributed by atoms with Crippen molar-refractivity contribution in [3.63, 3.8) is 0 Å². The lowest BCUT2D eigenvalue weighted by atomic mass is 10.0. The predicted molar refractivity (Wildman–Crippen MR) is 88.8 cm³/mol. The number of anilines is 1. The fraction of sp³-hybridized carbons (Fsp3) is 0.211. The van der Waals surface area contributed by atoms with Gasteiger partial charge in [-0.2, -0.15) is 0 Å². The van der Waals surface area contributed by atoms with E-state index in [0.29, 0.717) is 11.5 Å². The van der Waals surface area contributed by atoms with Crippen molar-refractivity contribution >= 4 is 11.5 Å². The molecule has 0 saturated carbocycles. The van der Waals surface area contributed by atoms with E-state index in [1.807, 2.05) is 55.5 Å². The zero-order chi connectivity index (χ0) is 15.2. The molecule has 2 nitrogen and oxygen atoms in total. The maximum absolute atomic E-state index is 12.1. The number of hydrogen-bond donors (Lipinski definition) is 1. The normalized spacial score (nSPS) is 11.0. The van der Waals surface area contributed by atoms with Crippen molar-refractivity contribution in [3.8, 4) is 0 Å². The van der Waals surface area contributed by atoms with Gasteiger partial charge in [0, 0.05) is 23.5 Å². The minimum absolute atomic E-state index is 0.00505. The number of ketones is 1. The largest absolute Gasteiger partial charge is 0.362 e. The lowest BCUT2D eigenvalue weighted by molar-refractivity contribution is 0.104. The summed E-state index contributed by atoms with van der Waals surface area (Å²) in [6.45, 7) is 6.32. The van der Waals surface area contributed by atoms with Crippen molar-refractivity contribution in [1.29, 1.82) is 0 Å². The number of nitrogens with one attached hydrogen (secondary N) is 1. The smallest absolute Gasteiger partial charge is 0.187 e. The third-order valence-electron chi connectivity index (χ3n) is 3.36. The summed E-state index contributed by atoms with van der Waals surface area (Å²) in [4.78, 5) is 12.1. The van der Waals surface area contributed by atoms with Gasteiger partial charge in [-0.25, -0.2) is 0 Å². The fourth-order valence-electron chi connectivity index (χ4n) is 2.08. The van der Waals surface area contributed by atoms with Gasteiger partial charge in [0.05, 0.1) is 0 Å². The van der Waals surface area contributed by atoms with Gasteiger partial charge in [-0.3, -0.25) is 4.79 Å². The molecule has 0 bridgehead atoms. The highest BCUT2D eigenvalue weighted by Gasteiger charge is 2.03. The summed E-state index contributed by atoms with van der Waals surface area (Å²) in [6.07, 6.45) is 3.25. The van der Waals surface area contributed by atoms with E-state index in [1.54, 1.807) is 12.3 Å². The van der Waals surface area contributed by atoms with Crippen molar-refractivity contribution in [1.82, 2.24) is 0 Å². The summed E-state index contributed by atoms with van der Waals surface area (Å²) in [5.41, 5.74) is 4.12. The standard InChI is InChI=1S/C19H21NO/c1-14(2)16-7-9-17(10-8-16)19(21)11-12-20-18-6-4-5-15(3)13-18/h4-14,20H,1-3H3. The fourth-order valence-corrected chi connectivity index (χ4v) is 2.08. The Morgan fingerprint density at radius 2 is 1.81 bits per heavy atom. The number of carbonyl (C=O) groups excluding carboxylic acids is 1. The Hall–Kier alpha value is -2.35. The Labute approximate surface area is 126 Å². The monoisotopic (exact) mass is 279 g/mol. The molecule has 1 N–H and O–H groups in total. The summed E-state index contributed by atoms with van der Waals surface area (Å²) >= 11 is 0. The number of carbonyl (C=O) groups is 1. The number of allylic oxidation sites excluding steroid dienone is 1. The highest BCUT2D eigenvalue weighted by molar-refractivity contribution is 6.04. The van der Waals surface area contributed by atoms with E-state index in [0.717, 1.165) is 5.69 Å². The lowest BCUT2D eigenvalue weighted by Crippen LogP contribution is -1.97. The van der Waals surface area contributed by atoms with E-state index in [4.69, 9.17) is 0 Å². The highest BCUT2D eigenvalue weighted by Crippen LogP contribution is 2.15. The Balaban J connectivity index is 1.99. The molecule has 0 atom stereocenters. The molecule has 0 aliphatic carbocycles. The SMILES string of the molecule is Cc1cccc(NC=CC(=O)c2ccc(C(C)C)cc2)c1. The van der Waals surface area contributed by atoms with E-state index in [2.05, 4.69) is 19.2 Å². The van der Waals surface area contributed by atoms with Crippen molar-refractivity contribution in [2.75, 3.05) is 5.32 Å². The molecule has 0 aromatic heterocycles. The van der Waals surface area contributed by atoms with Gasteiger partial charge < -0.3 is 5.32 Å². The second kappa shape index (κ2) is 6.89. The molecular weight excluding hydrogens is 258 g/mol. The van der Waals surface area contributed by atoms with Crippen LogP contribution in [-0.4, -0.2) is 5.78 Å². The molecule has 0 unspecified atom stereocenters. The first-order valence-electron chi connectivity index (χ1n) is 7.20. The van der Waals surface area contributed by atoms with Crippen LogP contribution in [0.4, 0.5) is 5.69 Å². The Morgan fingerprint density at radius 3 is 2.43 bits per heavy atom. The molecular formula is C19H21NO. The van der Waals surface area contributed by atoms with Crippen LogP contribution in [0.2, 0.25) is 0 Å². The van der Waals surface area contributed by atoms with Crippen LogP contribution in [-0.2, 0) is 0 Å². The topological polar surface area (TPSA) is 29.1 Å². The molecule has 0 aliphatic heterocycles. The quantitative estimate of drug-likeness (QED) is 0.621. The van der Waals surface area contributed by atoms with Crippen LogP contribution in [0.5, 0.6) is 0 Å². The van der Waals surface area contributed by atoms with Crippen LogP contribution in [0.1, 0.15) is 41.3 Å². The summed E-state index contributed by atoms with van der Waals surface area (Å²) in [5.74, 6) is 0.484. The molecule has 0 aliphatic rings. The minimum atomic E-state index is 0.00505. The molecule has 0 radical (unpaired) electrons. The zero-order valence-electron chi connectivity index (χ0n) is 12.8. The molecule has 0 amide bonds. The summed E-state index contributed by atoms with van der Waals surface area (Å²) < 4.78 is 0. The number of aryl methyl sites for hydroxylation is 1. The molecule has 0 heterocycles. The van der Waals surface area contributed by atoms with E-state index < -0.39 is 0 Å². The van der Waals surface area contributed by atoms with Gasteiger partial charge in [-0.1, -0.05) is 50.2 Å². The molecule has 0 saturated heterocycles. The second-order valence-corrected chi connectivity index (χ2v) is 5.49. The van der Waals surface area contributed by atoms with Crippen LogP contribution in [0.15, 0.2) is 60.8 Å². The van der Waals surface area contributed by atoms with Gasteiger partial charge in [0.15, 0.2) is 5.78 Å². The molecule has 2 aromatic rings. The average molecular weight is 279 g/mol. The van der Waals surface area contributed by atoms with E-state index in [9.17, 15) is 4.79 Å². The number of rotatable bonds is 5. The third-order valence-corrected chi connectivity index (χ3v) is 3.36. The van der Waals surface area contributed by atoms with Crippen molar-refractivity contribution in [2.24, 2.45) is 0 Å². The Kier molecular flexibility index (Phi) is 4.94. The Bertz CT molecular complexity index is 639. The van der Waals surface area contributed by atoms with E-state index >= 15 is 0 Å². The summed E-state index contributed by atoms with van der Waals surface area (Å²) in [6, 6.07) is 15.8. The lowest BCUT2D eigenvalue weighted by Gasteiger charge is -2.05. The average Bonchev–Trinajstić information content (AvgIpc) is 2.47. The second-order valence-electron chi connectivity index (χ2n) is 5.49. The van der Waals surface area contributed by atoms with Crippen molar-refractivity contribution in [2.45, 2.75) is 26.7 Å². The maximum Gasteiger partial charge on any atom is 0.187 e. The maximum atomic E-state index is 12.1. The highest BCUT2D eigenvalue weighted by atomic mass is 16.1. The van der Waals surface area contributed by atoms with Gasteiger partial charge >= 0.3 is 0 Å². The number of hydrogen-bond acceptors (Lipinski definition) is 2. The Morgan fingerprint density at radius 1 is 1.10 bits per heavy atom. The molecule has 108 valence electrons. The molecule has 2 heteroatoms. The first kappa shape index (κ1) is 15.0.